The van der Waals surface area contributed by atoms with Crippen molar-refractivity contribution in [3.8, 4) is 0 Å². The van der Waals surface area contributed by atoms with Crippen molar-refractivity contribution in [3.05, 3.63) is 0 Å². The zero-order valence-corrected chi connectivity index (χ0v) is 13.3. The lowest BCUT2D eigenvalue weighted by Crippen LogP contribution is -2.30. The second kappa shape index (κ2) is 13.8. The number of hydrogen-bond donors (Lipinski definition) is 2. The van der Waals surface area contributed by atoms with Crippen LogP contribution >= 0.6 is 0 Å². The van der Waals surface area contributed by atoms with Gasteiger partial charge in [0.1, 0.15) is 0 Å². The van der Waals surface area contributed by atoms with Crippen LogP contribution in [0, 0.1) is 0 Å². The molecule has 0 aromatic carbocycles. The van der Waals surface area contributed by atoms with Gasteiger partial charge in [-0.2, -0.15) is 0 Å². The van der Waals surface area contributed by atoms with Crippen molar-refractivity contribution in [2.45, 2.75) is 33.2 Å². The fraction of sp³-hybridized carbons (Fsp3) is 0.857. The van der Waals surface area contributed by atoms with Crippen molar-refractivity contribution in [1.82, 2.24) is 10.6 Å². The molecule has 0 aliphatic carbocycles. The summed E-state index contributed by atoms with van der Waals surface area (Å²) >= 11 is 0. The first kappa shape index (κ1) is 19.8. The maximum absolute atomic E-state index is 11.3. The molecule has 0 fully saturated rings. The van der Waals surface area contributed by atoms with Gasteiger partial charge in [-0.1, -0.05) is 0 Å². The SMILES string of the molecule is CC(=O)NCCOCCOCCOCCC(=O)NC(C)C. The van der Waals surface area contributed by atoms with Crippen LogP contribution in [-0.4, -0.2) is 64.0 Å². The van der Waals surface area contributed by atoms with E-state index in [-0.39, 0.29) is 17.9 Å². The lowest BCUT2D eigenvalue weighted by atomic mass is 10.3. The Labute approximate surface area is 126 Å². The van der Waals surface area contributed by atoms with E-state index < -0.39 is 0 Å². The summed E-state index contributed by atoms with van der Waals surface area (Å²) < 4.78 is 15.8. The largest absolute Gasteiger partial charge is 0.379 e. The van der Waals surface area contributed by atoms with Crippen LogP contribution < -0.4 is 10.6 Å². The van der Waals surface area contributed by atoms with E-state index in [0.717, 1.165) is 0 Å². The van der Waals surface area contributed by atoms with Crippen molar-refractivity contribution in [1.29, 1.82) is 0 Å². The Hall–Kier alpha value is -1.18. The number of amides is 2. The second-order valence-corrected chi connectivity index (χ2v) is 4.79. The normalized spacial score (nSPS) is 10.7. The van der Waals surface area contributed by atoms with Crippen molar-refractivity contribution in [2.24, 2.45) is 0 Å². The zero-order chi connectivity index (χ0) is 15.9. The number of rotatable bonds is 13. The molecular weight excluding hydrogens is 276 g/mol. The van der Waals surface area contributed by atoms with Gasteiger partial charge in [-0.3, -0.25) is 9.59 Å². The summed E-state index contributed by atoms with van der Waals surface area (Å²) in [7, 11) is 0. The Morgan fingerprint density at radius 3 is 1.95 bits per heavy atom. The highest BCUT2D eigenvalue weighted by Crippen LogP contribution is 1.87. The number of nitrogens with one attached hydrogen (secondary N) is 2. The first-order chi connectivity index (χ1) is 10.0. The van der Waals surface area contributed by atoms with E-state index >= 15 is 0 Å². The topological polar surface area (TPSA) is 85.9 Å². The third-order valence-electron chi connectivity index (χ3n) is 2.29. The summed E-state index contributed by atoms with van der Waals surface area (Å²) in [4.78, 5) is 21.9. The minimum Gasteiger partial charge on any atom is -0.379 e. The van der Waals surface area contributed by atoms with E-state index in [2.05, 4.69) is 10.6 Å². The average Bonchev–Trinajstić information content (AvgIpc) is 2.38. The monoisotopic (exact) mass is 304 g/mol. The van der Waals surface area contributed by atoms with Crippen LogP contribution in [0.2, 0.25) is 0 Å². The van der Waals surface area contributed by atoms with Gasteiger partial charge in [-0.15, -0.1) is 0 Å². The van der Waals surface area contributed by atoms with Gasteiger partial charge in [-0.05, 0) is 13.8 Å². The fourth-order valence-electron chi connectivity index (χ4n) is 1.40. The van der Waals surface area contributed by atoms with Gasteiger partial charge in [0.2, 0.25) is 11.8 Å². The molecule has 0 spiro atoms. The molecule has 7 heteroatoms. The first-order valence-corrected chi connectivity index (χ1v) is 7.29. The Balaban J connectivity index is 3.12. The molecule has 0 aliphatic heterocycles. The van der Waals surface area contributed by atoms with E-state index in [1.54, 1.807) is 0 Å². The predicted octanol–water partition coefficient (Wildman–Crippen LogP) is 0.0870. The summed E-state index contributed by atoms with van der Waals surface area (Å²) in [6, 6.07) is 0.159. The van der Waals surface area contributed by atoms with Crippen LogP contribution in [-0.2, 0) is 23.8 Å². The van der Waals surface area contributed by atoms with Gasteiger partial charge in [0.25, 0.3) is 0 Å². The first-order valence-electron chi connectivity index (χ1n) is 7.29. The molecule has 0 unspecified atom stereocenters. The molecule has 7 nitrogen and oxygen atoms in total. The Morgan fingerprint density at radius 1 is 0.905 bits per heavy atom. The molecule has 2 amide bonds. The Kier molecular flexibility index (Phi) is 13.0. The third kappa shape index (κ3) is 16.8. The van der Waals surface area contributed by atoms with Crippen molar-refractivity contribution in [2.75, 3.05) is 46.2 Å². The van der Waals surface area contributed by atoms with Crippen LogP contribution in [0.15, 0.2) is 0 Å². The van der Waals surface area contributed by atoms with Crippen LogP contribution in [0.5, 0.6) is 0 Å². The second-order valence-electron chi connectivity index (χ2n) is 4.79. The van der Waals surface area contributed by atoms with E-state index in [0.29, 0.717) is 52.6 Å². The smallest absolute Gasteiger partial charge is 0.222 e. The summed E-state index contributed by atoms with van der Waals surface area (Å²) in [6.45, 7) is 8.59. The summed E-state index contributed by atoms with van der Waals surface area (Å²) in [5.74, 6) is -0.0624. The summed E-state index contributed by atoms with van der Waals surface area (Å²) in [5, 5.41) is 5.43. The molecule has 124 valence electrons. The quantitative estimate of drug-likeness (QED) is 0.471. The average molecular weight is 304 g/mol. The van der Waals surface area contributed by atoms with Crippen LogP contribution in [0.4, 0.5) is 0 Å². The fourth-order valence-corrected chi connectivity index (χ4v) is 1.40. The Morgan fingerprint density at radius 2 is 1.43 bits per heavy atom. The van der Waals surface area contributed by atoms with Crippen molar-refractivity contribution < 1.29 is 23.8 Å². The standard InChI is InChI=1S/C14H28N2O5/c1-12(2)16-14(18)4-6-19-8-10-21-11-9-20-7-5-15-13(3)17/h12H,4-11H2,1-3H3,(H,15,17)(H,16,18). The molecule has 0 radical (unpaired) electrons. The van der Waals surface area contributed by atoms with E-state index in [1.165, 1.54) is 6.92 Å². The molecule has 0 heterocycles. The summed E-state index contributed by atoms with van der Waals surface area (Å²) in [6.07, 6.45) is 0.366. The molecule has 0 aliphatic rings. The van der Waals surface area contributed by atoms with Crippen LogP contribution in [0.25, 0.3) is 0 Å². The molecule has 0 saturated carbocycles. The lowest BCUT2D eigenvalue weighted by Gasteiger charge is -2.09. The minimum atomic E-state index is -0.0610. The summed E-state index contributed by atoms with van der Waals surface area (Å²) in [5.41, 5.74) is 0. The maximum atomic E-state index is 11.3. The maximum Gasteiger partial charge on any atom is 0.222 e. The molecule has 0 saturated heterocycles. The van der Waals surface area contributed by atoms with Gasteiger partial charge in [0.15, 0.2) is 0 Å². The van der Waals surface area contributed by atoms with Gasteiger partial charge in [0, 0.05) is 25.9 Å². The van der Waals surface area contributed by atoms with Gasteiger partial charge >= 0.3 is 0 Å². The molecule has 0 aromatic rings. The highest BCUT2D eigenvalue weighted by molar-refractivity contribution is 5.76. The van der Waals surface area contributed by atoms with Crippen molar-refractivity contribution in [3.63, 3.8) is 0 Å². The van der Waals surface area contributed by atoms with Crippen molar-refractivity contribution >= 4 is 11.8 Å². The van der Waals surface area contributed by atoms with E-state index in [9.17, 15) is 9.59 Å². The number of carbonyl (C=O) groups excluding carboxylic acids is 2. The van der Waals surface area contributed by atoms with Crippen LogP contribution in [0.3, 0.4) is 0 Å². The molecule has 0 aromatic heterocycles. The zero-order valence-electron chi connectivity index (χ0n) is 13.3. The highest BCUT2D eigenvalue weighted by Gasteiger charge is 2.02. The molecule has 0 rings (SSSR count). The molecule has 21 heavy (non-hydrogen) atoms. The van der Waals surface area contributed by atoms with E-state index in [1.807, 2.05) is 13.8 Å². The van der Waals surface area contributed by atoms with Gasteiger partial charge in [-0.25, -0.2) is 0 Å². The third-order valence-corrected chi connectivity index (χ3v) is 2.29. The van der Waals surface area contributed by atoms with Gasteiger partial charge < -0.3 is 24.8 Å². The Bertz CT molecular complexity index is 285. The highest BCUT2D eigenvalue weighted by atomic mass is 16.5. The van der Waals surface area contributed by atoms with Gasteiger partial charge in [0.05, 0.1) is 39.6 Å². The molecule has 0 atom stereocenters. The molecule has 2 N–H and O–H groups in total. The predicted molar refractivity (Wildman–Crippen MR) is 79.0 cm³/mol. The number of carbonyl (C=O) groups is 2. The number of ether oxygens (including phenoxy) is 3. The number of hydrogen-bond acceptors (Lipinski definition) is 5. The lowest BCUT2D eigenvalue weighted by molar-refractivity contribution is -0.123. The van der Waals surface area contributed by atoms with E-state index in [4.69, 9.17) is 14.2 Å². The van der Waals surface area contributed by atoms with Crippen LogP contribution in [0.1, 0.15) is 27.2 Å². The molecule has 0 bridgehead atoms. The molecular formula is C14H28N2O5. The minimum absolute atomic E-state index is 0.00140.